The van der Waals surface area contributed by atoms with Crippen LogP contribution >= 0.6 is 0 Å². The lowest BCUT2D eigenvalue weighted by atomic mass is 9.98. The van der Waals surface area contributed by atoms with E-state index in [0.717, 1.165) is 18.4 Å². The van der Waals surface area contributed by atoms with Gasteiger partial charge in [-0.3, -0.25) is 0 Å². The van der Waals surface area contributed by atoms with Gasteiger partial charge in [0.05, 0.1) is 6.10 Å². The predicted octanol–water partition coefficient (Wildman–Crippen LogP) is 4.20. The van der Waals surface area contributed by atoms with Crippen molar-refractivity contribution in [3.63, 3.8) is 0 Å². The van der Waals surface area contributed by atoms with Crippen LogP contribution in [0.3, 0.4) is 0 Å². The minimum atomic E-state index is -0.376. The van der Waals surface area contributed by atoms with Gasteiger partial charge in [0.15, 0.2) is 0 Å². The third-order valence-electron chi connectivity index (χ3n) is 3.41. The van der Waals surface area contributed by atoms with Crippen molar-refractivity contribution >= 4 is 0 Å². The Kier molecular flexibility index (Phi) is 4.19. The first-order chi connectivity index (χ1) is 8.18. The molecule has 1 aromatic carbocycles. The molecule has 1 aliphatic rings. The minimum Gasteiger partial charge on any atom is -0.233 e. The van der Waals surface area contributed by atoms with Crippen molar-refractivity contribution in [1.29, 1.82) is 0 Å². The Hall–Kier alpha value is -0.860. The molecule has 1 saturated carbocycles. The first-order valence-electron chi connectivity index (χ1n) is 6.58. The summed E-state index contributed by atoms with van der Waals surface area (Å²) < 4.78 is 0. The van der Waals surface area contributed by atoms with Crippen LogP contribution in [0, 0.1) is 0 Å². The maximum Gasteiger partial charge on any atom is 0.123 e. The van der Waals surface area contributed by atoms with Gasteiger partial charge in [-0.2, -0.15) is 0 Å². The van der Waals surface area contributed by atoms with E-state index in [1.165, 1.54) is 19.3 Å². The molecule has 1 aliphatic carbocycles. The lowest BCUT2D eigenvalue weighted by Gasteiger charge is -2.28. The highest BCUT2D eigenvalue weighted by Crippen LogP contribution is 2.28. The van der Waals surface area contributed by atoms with Gasteiger partial charge >= 0.3 is 0 Å². The van der Waals surface area contributed by atoms with Gasteiger partial charge in [0, 0.05) is 0 Å². The highest BCUT2D eigenvalue weighted by Gasteiger charge is 2.25. The fourth-order valence-corrected chi connectivity index (χ4v) is 2.24. The third kappa shape index (κ3) is 3.55. The van der Waals surface area contributed by atoms with Gasteiger partial charge in [-0.15, -0.1) is 0 Å². The maximum absolute atomic E-state index is 5.66. The van der Waals surface area contributed by atoms with Crippen molar-refractivity contribution in [3.05, 3.63) is 35.9 Å². The molecule has 0 atom stereocenters. The smallest absolute Gasteiger partial charge is 0.123 e. The first-order valence-corrected chi connectivity index (χ1v) is 6.58. The molecule has 17 heavy (non-hydrogen) atoms. The molecule has 0 amide bonds. The monoisotopic (exact) mass is 234 g/mol. The Morgan fingerprint density at radius 2 is 1.65 bits per heavy atom. The number of hydrogen-bond donors (Lipinski definition) is 0. The third-order valence-corrected chi connectivity index (χ3v) is 3.41. The summed E-state index contributed by atoms with van der Waals surface area (Å²) >= 11 is 0. The highest BCUT2D eigenvalue weighted by atomic mass is 17.2. The fraction of sp³-hybridized carbons (Fsp3) is 0.600. The van der Waals surface area contributed by atoms with E-state index in [1.807, 2.05) is 32.0 Å². The van der Waals surface area contributed by atoms with E-state index in [1.54, 1.807) is 0 Å². The molecular formula is C15H22O2. The van der Waals surface area contributed by atoms with Crippen LogP contribution in [0.5, 0.6) is 0 Å². The van der Waals surface area contributed by atoms with E-state index in [0.29, 0.717) is 0 Å². The second kappa shape index (κ2) is 5.65. The van der Waals surface area contributed by atoms with Crippen LogP contribution in [0.1, 0.15) is 51.5 Å². The standard InChI is InChI=1S/C15H22O2/c1-15(2,13-9-5-3-6-10-13)17-16-14-11-7-4-8-12-14/h3,5-6,9-10,14H,4,7-8,11-12H2,1-2H3. The predicted molar refractivity (Wildman–Crippen MR) is 68.5 cm³/mol. The molecule has 0 heterocycles. The van der Waals surface area contributed by atoms with E-state index >= 15 is 0 Å². The molecule has 0 aromatic heterocycles. The van der Waals surface area contributed by atoms with E-state index in [2.05, 4.69) is 12.1 Å². The number of rotatable bonds is 4. The van der Waals surface area contributed by atoms with Crippen LogP contribution < -0.4 is 0 Å². The quantitative estimate of drug-likeness (QED) is 0.574. The summed E-state index contributed by atoms with van der Waals surface area (Å²) in [7, 11) is 0. The first kappa shape index (κ1) is 12.6. The number of hydrogen-bond acceptors (Lipinski definition) is 2. The molecule has 1 fully saturated rings. The average Bonchev–Trinajstić information content (AvgIpc) is 2.39. The molecule has 0 N–H and O–H groups in total. The molecule has 0 bridgehead atoms. The van der Waals surface area contributed by atoms with E-state index in [9.17, 15) is 0 Å². The maximum atomic E-state index is 5.66. The molecule has 0 spiro atoms. The van der Waals surface area contributed by atoms with Crippen LogP contribution in [0.15, 0.2) is 30.3 Å². The van der Waals surface area contributed by atoms with Gasteiger partial charge < -0.3 is 0 Å². The molecule has 0 saturated heterocycles. The Labute approximate surface area is 104 Å². The molecule has 0 unspecified atom stereocenters. The summed E-state index contributed by atoms with van der Waals surface area (Å²) in [6.45, 7) is 4.09. The minimum absolute atomic E-state index is 0.284. The zero-order chi connectivity index (χ0) is 12.1. The van der Waals surface area contributed by atoms with Gasteiger partial charge in [-0.05, 0) is 32.3 Å². The topological polar surface area (TPSA) is 18.5 Å². The van der Waals surface area contributed by atoms with Crippen molar-refractivity contribution in [2.45, 2.75) is 57.7 Å². The molecule has 94 valence electrons. The van der Waals surface area contributed by atoms with Gasteiger partial charge in [-0.25, -0.2) is 9.78 Å². The van der Waals surface area contributed by atoms with E-state index in [-0.39, 0.29) is 11.7 Å². The summed E-state index contributed by atoms with van der Waals surface area (Å²) in [6.07, 6.45) is 6.41. The zero-order valence-corrected chi connectivity index (χ0v) is 10.8. The lowest BCUT2D eigenvalue weighted by molar-refractivity contribution is -0.385. The van der Waals surface area contributed by atoms with Crippen molar-refractivity contribution in [2.24, 2.45) is 0 Å². The average molecular weight is 234 g/mol. The Morgan fingerprint density at radius 3 is 2.29 bits per heavy atom. The largest absolute Gasteiger partial charge is 0.233 e. The van der Waals surface area contributed by atoms with Gasteiger partial charge in [0.25, 0.3) is 0 Å². The van der Waals surface area contributed by atoms with E-state index < -0.39 is 0 Å². The molecule has 2 nitrogen and oxygen atoms in total. The second-order valence-corrected chi connectivity index (χ2v) is 5.32. The van der Waals surface area contributed by atoms with Gasteiger partial charge in [0.2, 0.25) is 0 Å². The van der Waals surface area contributed by atoms with Crippen LogP contribution in [0.2, 0.25) is 0 Å². The SMILES string of the molecule is CC(C)(OOC1CCCCC1)c1ccccc1. The molecular weight excluding hydrogens is 212 g/mol. The van der Waals surface area contributed by atoms with Crippen molar-refractivity contribution in [2.75, 3.05) is 0 Å². The second-order valence-electron chi connectivity index (χ2n) is 5.32. The van der Waals surface area contributed by atoms with Gasteiger partial charge in [0.1, 0.15) is 5.60 Å². The number of benzene rings is 1. The highest BCUT2D eigenvalue weighted by molar-refractivity contribution is 5.20. The molecule has 2 rings (SSSR count). The Bertz CT molecular complexity index is 326. The summed E-state index contributed by atoms with van der Waals surface area (Å²) in [5.74, 6) is 0. The Balaban J connectivity index is 1.88. The van der Waals surface area contributed by atoms with Crippen LogP contribution in [-0.2, 0) is 15.4 Å². The van der Waals surface area contributed by atoms with Crippen LogP contribution in [-0.4, -0.2) is 6.10 Å². The summed E-state index contributed by atoms with van der Waals surface area (Å²) in [4.78, 5) is 11.3. The summed E-state index contributed by atoms with van der Waals surface area (Å²) in [5, 5.41) is 0. The van der Waals surface area contributed by atoms with Crippen molar-refractivity contribution in [3.8, 4) is 0 Å². The van der Waals surface area contributed by atoms with Crippen LogP contribution in [0.4, 0.5) is 0 Å². The van der Waals surface area contributed by atoms with E-state index in [4.69, 9.17) is 9.78 Å². The summed E-state index contributed by atoms with van der Waals surface area (Å²) in [6, 6.07) is 10.2. The molecule has 0 radical (unpaired) electrons. The molecule has 1 aromatic rings. The Morgan fingerprint density at radius 1 is 1.00 bits per heavy atom. The van der Waals surface area contributed by atoms with Crippen LogP contribution in [0.25, 0.3) is 0 Å². The van der Waals surface area contributed by atoms with Crippen molar-refractivity contribution < 1.29 is 9.78 Å². The summed E-state index contributed by atoms with van der Waals surface area (Å²) in [5.41, 5.74) is 0.773. The normalized spacial score (nSPS) is 18.2. The van der Waals surface area contributed by atoms with Crippen molar-refractivity contribution in [1.82, 2.24) is 0 Å². The van der Waals surface area contributed by atoms with Gasteiger partial charge in [-0.1, -0.05) is 49.6 Å². The molecule has 2 heteroatoms. The zero-order valence-electron chi connectivity index (χ0n) is 10.8. The fourth-order valence-electron chi connectivity index (χ4n) is 2.24. The lowest BCUT2D eigenvalue weighted by Crippen LogP contribution is -2.26. The molecule has 0 aliphatic heterocycles.